The highest BCUT2D eigenvalue weighted by Gasteiger charge is 2.22. The van der Waals surface area contributed by atoms with Gasteiger partial charge < -0.3 is 4.74 Å². The average Bonchev–Trinajstić information content (AvgIpc) is 1.96. The number of likely N-dealkylation sites (N-methyl/N-ethyl adjacent to an activating group) is 1. The molecule has 1 saturated heterocycles. The zero-order chi connectivity index (χ0) is 8.97. The highest BCUT2D eigenvalue weighted by Crippen LogP contribution is 2.08. The summed E-state index contributed by atoms with van der Waals surface area (Å²) in [5, 5.41) is 6.35. The molecule has 3 nitrogen and oxygen atoms in total. The first-order valence-corrected chi connectivity index (χ1v) is 4.28. The van der Waals surface area contributed by atoms with Gasteiger partial charge in [0, 0.05) is 7.05 Å². The molecule has 0 aliphatic carbocycles. The lowest BCUT2D eigenvalue weighted by molar-refractivity contribution is -0.0553. The van der Waals surface area contributed by atoms with Gasteiger partial charge in [-0.15, -0.1) is 0 Å². The van der Waals surface area contributed by atoms with Crippen LogP contribution in [0.1, 0.15) is 13.3 Å². The van der Waals surface area contributed by atoms with Crippen LogP contribution in [0.2, 0.25) is 0 Å². The standard InChI is InChI=1S/C9H16N2O/c1-4-8(5-2)10-11(3)9-6-12-7-9/h4,9H,1,5-7H2,2-3H3/b10-8+. The van der Waals surface area contributed by atoms with Crippen molar-refractivity contribution in [2.24, 2.45) is 5.10 Å². The van der Waals surface area contributed by atoms with E-state index in [0.717, 1.165) is 25.3 Å². The summed E-state index contributed by atoms with van der Waals surface area (Å²) in [5.74, 6) is 0. The van der Waals surface area contributed by atoms with Gasteiger partial charge in [0.2, 0.25) is 0 Å². The van der Waals surface area contributed by atoms with Gasteiger partial charge >= 0.3 is 0 Å². The first kappa shape index (κ1) is 9.26. The van der Waals surface area contributed by atoms with Crippen molar-refractivity contribution in [3.8, 4) is 0 Å². The van der Waals surface area contributed by atoms with Gasteiger partial charge in [0.1, 0.15) is 0 Å². The smallest absolute Gasteiger partial charge is 0.0933 e. The van der Waals surface area contributed by atoms with E-state index in [-0.39, 0.29) is 0 Å². The van der Waals surface area contributed by atoms with Gasteiger partial charge in [0.25, 0.3) is 0 Å². The maximum Gasteiger partial charge on any atom is 0.0933 e. The second kappa shape index (κ2) is 4.26. The van der Waals surface area contributed by atoms with Crippen LogP contribution in [-0.2, 0) is 4.74 Å². The number of ether oxygens (including phenoxy) is 1. The minimum absolute atomic E-state index is 0.464. The summed E-state index contributed by atoms with van der Waals surface area (Å²) in [7, 11) is 1.98. The molecule has 1 aliphatic heterocycles. The Morgan fingerprint density at radius 2 is 2.42 bits per heavy atom. The summed E-state index contributed by atoms with van der Waals surface area (Å²) >= 11 is 0. The predicted molar refractivity (Wildman–Crippen MR) is 50.3 cm³/mol. The maximum absolute atomic E-state index is 5.07. The fourth-order valence-corrected chi connectivity index (χ4v) is 0.979. The number of hydrogen-bond donors (Lipinski definition) is 0. The van der Waals surface area contributed by atoms with Crippen LogP contribution < -0.4 is 0 Å². The molecule has 0 unspecified atom stereocenters. The fourth-order valence-electron chi connectivity index (χ4n) is 0.979. The topological polar surface area (TPSA) is 24.8 Å². The molecule has 0 amide bonds. The van der Waals surface area contributed by atoms with E-state index in [1.807, 2.05) is 12.1 Å². The van der Waals surface area contributed by atoms with Crippen molar-refractivity contribution in [1.82, 2.24) is 5.01 Å². The van der Waals surface area contributed by atoms with Gasteiger partial charge in [0.15, 0.2) is 0 Å². The van der Waals surface area contributed by atoms with E-state index in [9.17, 15) is 0 Å². The van der Waals surface area contributed by atoms with E-state index in [4.69, 9.17) is 4.74 Å². The Morgan fingerprint density at radius 1 is 1.75 bits per heavy atom. The molecule has 1 aliphatic rings. The third kappa shape index (κ3) is 2.08. The van der Waals surface area contributed by atoms with Crippen LogP contribution in [0.3, 0.4) is 0 Å². The number of hydrazone groups is 1. The van der Waals surface area contributed by atoms with Crippen molar-refractivity contribution in [3.63, 3.8) is 0 Å². The first-order chi connectivity index (χ1) is 5.77. The van der Waals surface area contributed by atoms with E-state index in [2.05, 4.69) is 18.6 Å². The molecule has 12 heavy (non-hydrogen) atoms. The van der Waals surface area contributed by atoms with Crippen LogP contribution in [0.25, 0.3) is 0 Å². The lowest BCUT2D eigenvalue weighted by Crippen LogP contribution is -2.44. The number of nitrogens with zero attached hydrogens (tertiary/aromatic N) is 2. The third-order valence-electron chi connectivity index (χ3n) is 2.03. The minimum Gasteiger partial charge on any atom is -0.377 e. The molecule has 1 rings (SSSR count). The Labute approximate surface area is 73.7 Å². The summed E-state index contributed by atoms with van der Waals surface area (Å²) in [6.45, 7) is 7.37. The minimum atomic E-state index is 0.464. The molecule has 0 atom stereocenters. The van der Waals surface area contributed by atoms with Crippen LogP contribution in [0, 0.1) is 0 Å². The molecule has 0 radical (unpaired) electrons. The van der Waals surface area contributed by atoms with Crippen LogP contribution in [0.5, 0.6) is 0 Å². The van der Waals surface area contributed by atoms with Crippen LogP contribution in [-0.4, -0.2) is 37.0 Å². The third-order valence-corrected chi connectivity index (χ3v) is 2.03. The molecule has 0 saturated carbocycles. The van der Waals surface area contributed by atoms with Gasteiger partial charge in [-0.3, -0.25) is 5.01 Å². The molecule has 0 N–H and O–H groups in total. The van der Waals surface area contributed by atoms with Gasteiger partial charge in [-0.25, -0.2) is 0 Å². The second-order valence-electron chi connectivity index (χ2n) is 2.91. The normalized spacial score (nSPS) is 18.7. The molecule has 0 aromatic heterocycles. The van der Waals surface area contributed by atoms with Crippen LogP contribution >= 0.6 is 0 Å². The van der Waals surface area contributed by atoms with Crippen LogP contribution in [0.4, 0.5) is 0 Å². The zero-order valence-electron chi connectivity index (χ0n) is 7.79. The largest absolute Gasteiger partial charge is 0.377 e. The van der Waals surface area contributed by atoms with Crippen molar-refractivity contribution in [1.29, 1.82) is 0 Å². The lowest BCUT2D eigenvalue weighted by Gasteiger charge is -2.32. The number of rotatable bonds is 4. The number of hydrogen-bond acceptors (Lipinski definition) is 3. The quantitative estimate of drug-likeness (QED) is 0.466. The molecule has 0 aromatic carbocycles. The van der Waals surface area contributed by atoms with Crippen molar-refractivity contribution < 1.29 is 4.74 Å². The van der Waals surface area contributed by atoms with E-state index >= 15 is 0 Å². The van der Waals surface area contributed by atoms with Crippen LogP contribution in [0.15, 0.2) is 17.8 Å². The Bertz CT molecular complexity index is 185. The second-order valence-corrected chi connectivity index (χ2v) is 2.91. The molecule has 3 heteroatoms. The molecule has 0 aromatic rings. The van der Waals surface area contributed by atoms with E-state index in [0.29, 0.717) is 6.04 Å². The zero-order valence-corrected chi connectivity index (χ0v) is 7.79. The monoisotopic (exact) mass is 168 g/mol. The summed E-state index contributed by atoms with van der Waals surface area (Å²) in [5.41, 5.74) is 1.03. The fraction of sp³-hybridized carbons (Fsp3) is 0.667. The van der Waals surface area contributed by atoms with E-state index in [1.54, 1.807) is 6.08 Å². The van der Waals surface area contributed by atoms with E-state index in [1.165, 1.54) is 0 Å². The van der Waals surface area contributed by atoms with Crippen molar-refractivity contribution in [3.05, 3.63) is 12.7 Å². The molecule has 0 spiro atoms. The average molecular weight is 168 g/mol. The summed E-state index contributed by atoms with van der Waals surface area (Å²) in [6, 6.07) is 0.464. The van der Waals surface area contributed by atoms with Crippen molar-refractivity contribution in [2.45, 2.75) is 19.4 Å². The molecular weight excluding hydrogens is 152 g/mol. The van der Waals surface area contributed by atoms with Crippen molar-refractivity contribution >= 4 is 5.71 Å². The molecule has 1 heterocycles. The van der Waals surface area contributed by atoms with Gasteiger partial charge in [-0.05, 0) is 12.5 Å². The molecular formula is C9H16N2O. The SMILES string of the molecule is C=C/C(CC)=N\N(C)C1COC1. The Morgan fingerprint density at radius 3 is 2.75 bits per heavy atom. The predicted octanol–water partition coefficient (Wildman–Crippen LogP) is 1.27. The lowest BCUT2D eigenvalue weighted by atomic mass is 10.2. The summed E-state index contributed by atoms with van der Waals surface area (Å²) in [6.07, 6.45) is 2.73. The molecule has 1 fully saturated rings. The highest BCUT2D eigenvalue weighted by atomic mass is 16.5. The van der Waals surface area contributed by atoms with Gasteiger partial charge in [-0.1, -0.05) is 13.5 Å². The van der Waals surface area contributed by atoms with Gasteiger partial charge in [0.05, 0.1) is 25.0 Å². The Balaban J connectivity index is 2.45. The maximum atomic E-state index is 5.07. The summed E-state index contributed by atoms with van der Waals surface area (Å²) < 4.78 is 5.07. The molecule has 68 valence electrons. The highest BCUT2D eigenvalue weighted by molar-refractivity contribution is 5.93. The van der Waals surface area contributed by atoms with E-state index < -0.39 is 0 Å². The number of allylic oxidation sites excluding steroid dienone is 1. The summed E-state index contributed by atoms with van der Waals surface area (Å²) in [4.78, 5) is 0. The Hall–Kier alpha value is -0.830. The Kier molecular flexibility index (Phi) is 3.29. The molecule has 0 bridgehead atoms. The first-order valence-electron chi connectivity index (χ1n) is 4.28. The van der Waals surface area contributed by atoms with Gasteiger partial charge in [-0.2, -0.15) is 5.10 Å². The van der Waals surface area contributed by atoms with Crippen molar-refractivity contribution in [2.75, 3.05) is 20.3 Å².